The molecule has 0 amide bonds. The summed E-state index contributed by atoms with van der Waals surface area (Å²) in [7, 11) is -1.51. The molecule has 1 unspecified atom stereocenters. The second kappa shape index (κ2) is 6.14. The largest absolute Gasteiger partial charge is 0.301 e. The van der Waals surface area contributed by atoms with E-state index < -0.39 is 10.0 Å². The molecule has 1 aliphatic heterocycles. The Kier molecular flexibility index (Phi) is 4.67. The van der Waals surface area contributed by atoms with Crippen LogP contribution in [-0.2, 0) is 10.0 Å². The summed E-state index contributed by atoms with van der Waals surface area (Å²) < 4.78 is 27.2. The molecule has 0 radical (unpaired) electrons. The first-order valence-electron chi connectivity index (χ1n) is 7.11. The highest BCUT2D eigenvalue weighted by molar-refractivity contribution is 7.89. The smallest absolute Gasteiger partial charge is 0.243 e. The number of likely N-dealkylation sites (N-methyl/N-ethyl adjacent to an activating group) is 1. The lowest BCUT2D eigenvalue weighted by molar-refractivity contribution is 0.144. The molecule has 1 aliphatic rings. The van der Waals surface area contributed by atoms with E-state index in [4.69, 9.17) is 5.26 Å². The van der Waals surface area contributed by atoms with Gasteiger partial charge in [-0.15, -0.1) is 0 Å². The quantitative estimate of drug-likeness (QED) is 0.850. The number of nitrogens with zero attached hydrogens (tertiary/aromatic N) is 3. The number of sulfonamides is 1. The highest BCUT2D eigenvalue weighted by Crippen LogP contribution is 2.24. The van der Waals surface area contributed by atoms with Crippen LogP contribution in [0.2, 0.25) is 0 Å². The number of rotatable bonds is 3. The van der Waals surface area contributed by atoms with Crippen molar-refractivity contribution in [2.75, 3.05) is 26.7 Å². The molecule has 0 saturated carbocycles. The predicted molar refractivity (Wildman–Crippen MR) is 81.4 cm³/mol. The molecule has 0 aromatic heterocycles. The fraction of sp³-hybridized carbons (Fsp3) is 0.533. The van der Waals surface area contributed by atoms with E-state index in [1.54, 1.807) is 23.4 Å². The predicted octanol–water partition coefficient (Wildman–Crippen LogP) is 1.58. The van der Waals surface area contributed by atoms with Crippen molar-refractivity contribution in [1.82, 2.24) is 9.21 Å². The molecule has 0 N–H and O–H groups in total. The molecule has 1 aromatic rings. The van der Waals surface area contributed by atoms with Crippen molar-refractivity contribution in [3.63, 3.8) is 0 Å². The van der Waals surface area contributed by atoms with Crippen molar-refractivity contribution in [3.8, 4) is 6.07 Å². The molecule has 1 saturated heterocycles. The molecule has 114 valence electrons. The van der Waals surface area contributed by atoms with E-state index in [1.165, 1.54) is 6.07 Å². The summed E-state index contributed by atoms with van der Waals surface area (Å²) >= 11 is 0. The zero-order valence-electron chi connectivity index (χ0n) is 12.7. The molecule has 21 heavy (non-hydrogen) atoms. The summed E-state index contributed by atoms with van der Waals surface area (Å²) in [5.74, 6) is 0. The van der Waals surface area contributed by atoms with E-state index in [-0.39, 0.29) is 10.9 Å². The van der Waals surface area contributed by atoms with Crippen molar-refractivity contribution >= 4 is 10.0 Å². The summed E-state index contributed by atoms with van der Waals surface area (Å²) in [6, 6.07) is 7.06. The molecular weight excluding hydrogens is 286 g/mol. The molecule has 1 heterocycles. The van der Waals surface area contributed by atoms with Crippen molar-refractivity contribution < 1.29 is 8.42 Å². The number of aryl methyl sites for hydroxylation is 1. The van der Waals surface area contributed by atoms with Gasteiger partial charge in [-0.3, -0.25) is 0 Å². The Bertz CT molecular complexity index is 664. The van der Waals surface area contributed by atoms with Gasteiger partial charge in [-0.1, -0.05) is 13.0 Å². The molecule has 1 atom stereocenters. The molecule has 6 heteroatoms. The van der Waals surface area contributed by atoms with Crippen molar-refractivity contribution in [2.24, 2.45) is 0 Å². The minimum Gasteiger partial charge on any atom is -0.301 e. The Labute approximate surface area is 126 Å². The van der Waals surface area contributed by atoms with E-state index in [9.17, 15) is 8.42 Å². The molecular formula is C15H21N3O2S. The Balaban J connectivity index is 2.37. The van der Waals surface area contributed by atoms with Crippen LogP contribution in [-0.4, -0.2) is 50.3 Å². The second-order valence-corrected chi connectivity index (χ2v) is 7.40. The zero-order chi connectivity index (χ0) is 15.6. The van der Waals surface area contributed by atoms with Gasteiger partial charge in [-0.2, -0.15) is 9.57 Å². The molecule has 0 aliphatic carbocycles. The fourth-order valence-corrected chi connectivity index (χ4v) is 4.38. The van der Waals surface area contributed by atoms with E-state index in [0.29, 0.717) is 24.2 Å². The number of piperazine rings is 1. The maximum atomic E-state index is 12.8. The Morgan fingerprint density at radius 1 is 1.38 bits per heavy atom. The van der Waals surface area contributed by atoms with Crippen LogP contribution in [0.15, 0.2) is 23.1 Å². The van der Waals surface area contributed by atoms with Gasteiger partial charge in [0.05, 0.1) is 16.5 Å². The van der Waals surface area contributed by atoms with Crippen LogP contribution in [0.5, 0.6) is 0 Å². The van der Waals surface area contributed by atoms with E-state index in [0.717, 1.165) is 13.0 Å². The highest BCUT2D eigenvalue weighted by atomic mass is 32.2. The van der Waals surface area contributed by atoms with Gasteiger partial charge >= 0.3 is 0 Å². The lowest BCUT2D eigenvalue weighted by Gasteiger charge is -2.38. The van der Waals surface area contributed by atoms with Gasteiger partial charge in [-0.05, 0) is 38.1 Å². The molecule has 5 nitrogen and oxygen atoms in total. The van der Waals surface area contributed by atoms with E-state index in [1.807, 2.05) is 13.1 Å². The summed E-state index contributed by atoms with van der Waals surface area (Å²) in [5, 5.41) is 8.98. The van der Waals surface area contributed by atoms with Gasteiger partial charge in [0.2, 0.25) is 10.0 Å². The first kappa shape index (κ1) is 16.0. The highest BCUT2D eigenvalue weighted by Gasteiger charge is 2.32. The number of hydrogen-bond donors (Lipinski definition) is 0. The maximum absolute atomic E-state index is 12.8. The van der Waals surface area contributed by atoms with Crippen molar-refractivity contribution in [2.45, 2.75) is 31.2 Å². The van der Waals surface area contributed by atoms with Crippen molar-refractivity contribution in [1.29, 1.82) is 5.26 Å². The van der Waals surface area contributed by atoms with Gasteiger partial charge in [0.15, 0.2) is 0 Å². The van der Waals surface area contributed by atoms with Gasteiger partial charge in [0.1, 0.15) is 0 Å². The summed E-state index contributed by atoms with van der Waals surface area (Å²) in [6.45, 7) is 5.56. The van der Waals surface area contributed by atoms with E-state index in [2.05, 4.69) is 11.8 Å². The molecule has 1 fully saturated rings. The van der Waals surface area contributed by atoms with E-state index >= 15 is 0 Å². The van der Waals surface area contributed by atoms with Gasteiger partial charge in [0, 0.05) is 25.7 Å². The number of benzene rings is 1. The molecule has 0 bridgehead atoms. The average Bonchev–Trinajstić information content (AvgIpc) is 2.47. The van der Waals surface area contributed by atoms with Gasteiger partial charge in [-0.25, -0.2) is 8.42 Å². The fourth-order valence-electron chi connectivity index (χ4n) is 2.66. The normalized spacial score (nSPS) is 21.1. The monoisotopic (exact) mass is 307 g/mol. The standard InChI is InChI=1S/C15H21N3O2S/c1-4-14-11-18(8-7-17(14)3)21(19,20)15-9-13(10-16)6-5-12(15)2/h5-6,9,14H,4,7-8,11H2,1-3H3. The Morgan fingerprint density at radius 2 is 2.10 bits per heavy atom. The average molecular weight is 307 g/mol. The Hall–Kier alpha value is -1.42. The van der Waals surface area contributed by atoms with Gasteiger partial charge in [0.25, 0.3) is 0 Å². The second-order valence-electron chi connectivity index (χ2n) is 5.50. The first-order valence-corrected chi connectivity index (χ1v) is 8.55. The first-order chi connectivity index (χ1) is 9.90. The topological polar surface area (TPSA) is 64.4 Å². The number of nitriles is 1. The van der Waals surface area contributed by atoms with Crippen LogP contribution in [0.4, 0.5) is 0 Å². The van der Waals surface area contributed by atoms with Crippen LogP contribution in [0, 0.1) is 18.3 Å². The lowest BCUT2D eigenvalue weighted by atomic mass is 10.1. The van der Waals surface area contributed by atoms with Crippen molar-refractivity contribution in [3.05, 3.63) is 29.3 Å². The minimum absolute atomic E-state index is 0.244. The third kappa shape index (κ3) is 3.10. The third-order valence-corrected chi connectivity index (χ3v) is 6.15. The van der Waals surface area contributed by atoms with Crippen LogP contribution in [0.1, 0.15) is 24.5 Å². The van der Waals surface area contributed by atoms with Crippen LogP contribution in [0.25, 0.3) is 0 Å². The third-order valence-electron chi connectivity index (χ3n) is 4.15. The van der Waals surface area contributed by atoms with Crippen LogP contribution >= 0.6 is 0 Å². The van der Waals surface area contributed by atoms with Crippen LogP contribution in [0.3, 0.4) is 0 Å². The SMILES string of the molecule is CCC1CN(S(=O)(=O)c2cc(C#N)ccc2C)CCN1C. The molecule has 1 aromatic carbocycles. The summed E-state index contributed by atoms with van der Waals surface area (Å²) in [6.07, 6.45) is 0.916. The summed E-state index contributed by atoms with van der Waals surface area (Å²) in [5.41, 5.74) is 1.06. The van der Waals surface area contributed by atoms with Gasteiger partial charge < -0.3 is 4.90 Å². The maximum Gasteiger partial charge on any atom is 0.243 e. The molecule has 2 rings (SSSR count). The van der Waals surface area contributed by atoms with Crippen LogP contribution < -0.4 is 0 Å². The zero-order valence-corrected chi connectivity index (χ0v) is 13.5. The molecule has 0 spiro atoms. The summed E-state index contributed by atoms with van der Waals surface area (Å²) in [4.78, 5) is 2.45. The number of hydrogen-bond acceptors (Lipinski definition) is 4. The Morgan fingerprint density at radius 3 is 2.71 bits per heavy atom. The lowest BCUT2D eigenvalue weighted by Crippen LogP contribution is -2.52. The minimum atomic E-state index is -3.54.